The fourth-order valence-electron chi connectivity index (χ4n) is 11.5. The Kier molecular flexibility index (Phi) is 6.63. The van der Waals surface area contributed by atoms with Gasteiger partial charge in [0, 0.05) is 32.9 Å². The predicted octanol–water partition coefficient (Wildman–Crippen LogP) is 11.6. The molecule has 4 aliphatic carbocycles. The molecule has 7 aromatic rings. The van der Waals surface area contributed by atoms with Gasteiger partial charge >= 0.3 is 12.4 Å². The Morgan fingerprint density at radius 1 is 0.727 bits per heavy atom. The van der Waals surface area contributed by atoms with Gasteiger partial charge in [-0.15, -0.1) is 0 Å². The molecule has 3 heteroatoms. The third-order valence-electron chi connectivity index (χ3n) is 13.9. The van der Waals surface area contributed by atoms with E-state index >= 15 is 0 Å². The summed E-state index contributed by atoms with van der Waals surface area (Å²) in [6.45, 7) is 2.58. The molecule has 5 aliphatic rings. The first kappa shape index (κ1) is 31.2. The molecule has 5 atom stereocenters. The molecule has 3 heterocycles. The van der Waals surface area contributed by atoms with Crippen molar-refractivity contribution < 1.29 is 0 Å². The third kappa shape index (κ3) is 4.54. The number of allylic oxidation sites excluding steroid dienone is 8. The molecule has 12 rings (SSSR count). The summed E-state index contributed by atoms with van der Waals surface area (Å²) in [6, 6.07) is 43.1. The highest BCUT2D eigenvalue weighted by molar-refractivity contribution is 6.13. The largest absolute Gasteiger partial charge is 0.333 e. The Morgan fingerprint density at radius 3 is 2.38 bits per heavy atom. The first-order chi connectivity index (χ1) is 27.1. The number of rotatable bonds is 4. The summed E-state index contributed by atoms with van der Waals surface area (Å²) in [4.78, 5) is 0. The summed E-state index contributed by atoms with van der Waals surface area (Å²) < 4.78 is 9.49. The fourth-order valence-corrected chi connectivity index (χ4v) is 11.5. The van der Waals surface area contributed by atoms with E-state index in [9.17, 15) is 0 Å². The summed E-state index contributed by atoms with van der Waals surface area (Å²) >= 11 is 0. The maximum absolute atomic E-state index is 4.56. The van der Waals surface area contributed by atoms with E-state index in [1.165, 1.54) is 79.8 Å². The van der Waals surface area contributed by atoms with Crippen LogP contribution in [0.25, 0.3) is 55.1 Å². The number of hydrogen-bond acceptors (Lipinski definition) is 0. The van der Waals surface area contributed by atoms with Crippen LogP contribution in [0.3, 0.4) is 0 Å². The highest BCUT2D eigenvalue weighted by atomic mass is 15.0. The molecule has 1 fully saturated rings. The van der Waals surface area contributed by atoms with Crippen LogP contribution in [0.2, 0.25) is 0 Å². The zero-order chi connectivity index (χ0) is 36.3. The first-order valence-electron chi connectivity index (χ1n) is 20.1. The van der Waals surface area contributed by atoms with Gasteiger partial charge < -0.3 is 9.13 Å². The molecule has 0 spiro atoms. The Labute approximate surface area is 321 Å². The lowest BCUT2D eigenvalue weighted by Crippen LogP contribution is -2.41. The fraction of sp³-hybridized carbons (Fsp3) is 0.192. The van der Waals surface area contributed by atoms with Gasteiger partial charge in [-0.2, -0.15) is 0 Å². The van der Waals surface area contributed by atoms with Crippen molar-refractivity contribution in [2.75, 3.05) is 0 Å². The first-order valence-corrected chi connectivity index (χ1v) is 20.1. The van der Waals surface area contributed by atoms with Crippen LogP contribution in [0.1, 0.15) is 54.6 Å². The van der Waals surface area contributed by atoms with Gasteiger partial charge in [0.05, 0.1) is 17.1 Å². The zero-order valence-corrected chi connectivity index (χ0v) is 31.1. The SMILES string of the molecule is CC1(C2=CCC(n3c4ccccc4c4cc(-c5ccc6c(c5)c5c(n6-c6ccccc6)C=[N+]=C5)ccc43)C=C2)CC2Cc3ccccc3C3=CC=CC1C3C2. The maximum atomic E-state index is 4.56. The van der Waals surface area contributed by atoms with E-state index in [4.69, 9.17) is 0 Å². The van der Waals surface area contributed by atoms with Gasteiger partial charge in [0.2, 0.25) is 0 Å². The summed E-state index contributed by atoms with van der Waals surface area (Å²) in [6.07, 6.45) is 23.7. The van der Waals surface area contributed by atoms with Gasteiger partial charge in [-0.25, -0.2) is 0 Å². The number of para-hydroxylation sites is 2. The van der Waals surface area contributed by atoms with E-state index < -0.39 is 0 Å². The van der Waals surface area contributed by atoms with Crippen molar-refractivity contribution in [2.45, 2.75) is 38.6 Å². The van der Waals surface area contributed by atoms with Crippen molar-refractivity contribution in [3.63, 3.8) is 0 Å². The Balaban J connectivity index is 0.899. The smallest absolute Gasteiger partial charge is 0.317 e. The third-order valence-corrected chi connectivity index (χ3v) is 13.9. The Hall–Kier alpha value is -6.15. The van der Waals surface area contributed by atoms with Crippen LogP contribution in [0, 0.1) is 23.2 Å². The molecule has 3 nitrogen and oxygen atoms in total. The van der Waals surface area contributed by atoms with Crippen molar-refractivity contribution in [1.82, 2.24) is 13.8 Å². The molecule has 5 aromatic carbocycles. The normalized spacial score (nSPS) is 24.6. The maximum Gasteiger partial charge on any atom is 0.317 e. The van der Waals surface area contributed by atoms with Crippen molar-refractivity contribution in [2.24, 2.45) is 23.2 Å². The standard InChI is InChI=1S/C52H42N3/c1-52(30-33-26-36-10-5-6-13-40(36)41-15-9-16-47(52)43(41)27-33)37-20-22-39(23-21-37)54-48-17-8-7-14-42(48)44-28-34(18-24-49(44)54)35-19-25-50-45(29-35)46-31-53-32-51(46)55(50)38-11-3-2-4-12-38/h2-22,24-25,28-29,31-33,39,43,47H,23,26-27,30H2,1H3/q+1. The zero-order valence-electron chi connectivity index (χ0n) is 31.1. The van der Waals surface area contributed by atoms with Crippen LogP contribution in [0.15, 0.2) is 157 Å². The van der Waals surface area contributed by atoms with Crippen molar-refractivity contribution in [3.8, 4) is 16.8 Å². The second kappa shape index (κ2) is 11.7. The van der Waals surface area contributed by atoms with Crippen LogP contribution in [-0.4, -0.2) is 21.6 Å². The van der Waals surface area contributed by atoms with E-state index in [1.54, 1.807) is 11.1 Å². The number of aromatic nitrogens is 2. The molecule has 55 heavy (non-hydrogen) atoms. The highest BCUT2D eigenvalue weighted by Crippen LogP contribution is 2.59. The molecule has 1 saturated carbocycles. The van der Waals surface area contributed by atoms with Crippen LogP contribution < -0.4 is 4.67 Å². The summed E-state index contributed by atoms with van der Waals surface area (Å²) in [5.41, 5.74) is 16.0. The molecule has 264 valence electrons. The van der Waals surface area contributed by atoms with Crippen molar-refractivity contribution in [3.05, 3.63) is 180 Å². The molecular formula is C52H42N3+. The monoisotopic (exact) mass is 708 g/mol. The second-order valence-electron chi connectivity index (χ2n) is 16.8. The lowest BCUT2D eigenvalue weighted by atomic mass is 9.54. The Bertz CT molecular complexity index is 2950. The molecule has 0 radical (unpaired) electrons. The van der Waals surface area contributed by atoms with Gasteiger partial charge in [0.15, 0.2) is 0 Å². The van der Waals surface area contributed by atoms with Crippen LogP contribution in [-0.2, 0) is 6.42 Å². The molecule has 1 aliphatic heterocycles. The quantitative estimate of drug-likeness (QED) is 0.163. The van der Waals surface area contributed by atoms with Gasteiger partial charge in [-0.05, 0) is 125 Å². The van der Waals surface area contributed by atoms with Gasteiger partial charge in [-0.1, -0.05) is 121 Å². The van der Waals surface area contributed by atoms with Crippen molar-refractivity contribution in [1.29, 1.82) is 0 Å². The topological polar surface area (TPSA) is 24.0 Å². The molecule has 2 bridgehead atoms. The molecule has 0 saturated heterocycles. The highest BCUT2D eigenvalue weighted by Gasteiger charge is 2.49. The van der Waals surface area contributed by atoms with E-state index in [0.717, 1.165) is 17.8 Å². The number of hydrogen-bond donors (Lipinski definition) is 0. The Morgan fingerprint density at radius 2 is 1.51 bits per heavy atom. The number of fused-ring (bicyclic) bond motifs is 9. The minimum absolute atomic E-state index is 0.121. The number of nitrogens with zero attached hydrogens (tertiary/aromatic N) is 3. The predicted molar refractivity (Wildman–Crippen MR) is 230 cm³/mol. The molecule has 2 aromatic heterocycles. The lowest BCUT2D eigenvalue weighted by Gasteiger charge is -2.50. The number of benzene rings is 5. The van der Waals surface area contributed by atoms with E-state index in [0.29, 0.717) is 17.8 Å². The van der Waals surface area contributed by atoms with E-state index in [-0.39, 0.29) is 11.5 Å². The summed E-state index contributed by atoms with van der Waals surface area (Å²) in [7, 11) is 0. The van der Waals surface area contributed by atoms with E-state index in [1.807, 2.05) is 12.4 Å². The average Bonchev–Trinajstić information content (AvgIpc) is 3.89. The lowest BCUT2D eigenvalue weighted by molar-refractivity contribution is 0.114. The molecule has 5 unspecified atom stereocenters. The summed E-state index contributed by atoms with van der Waals surface area (Å²) in [5, 5.41) is 3.86. The molecular weight excluding hydrogens is 667 g/mol. The minimum Gasteiger partial charge on any atom is -0.333 e. The van der Waals surface area contributed by atoms with Gasteiger partial charge in [-0.3, -0.25) is 0 Å². The average molecular weight is 709 g/mol. The van der Waals surface area contributed by atoms with Crippen LogP contribution >= 0.6 is 0 Å². The van der Waals surface area contributed by atoms with E-state index in [2.05, 4.69) is 172 Å². The van der Waals surface area contributed by atoms with Gasteiger partial charge in [0.25, 0.3) is 0 Å². The van der Waals surface area contributed by atoms with Crippen LogP contribution in [0.4, 0.5) is 0 Å². The molecule has 0 amide bonds. The molecule has 0 N–H and O–H groups in total. The summed E-state index contributed by atoms with van der Waals surface area (Å²) in [5.74, 6) is 1.82. The van der Waals surface area contributed by atoms with Crippen molar-refractivity contribution >= 4 is 50.7 Å². The minimum atomic E-state index is 0.121. The van der Waals surface area contributed by atoms with Gasteiger partial charge in [0.1, 0.15) is 5.69 Å². The second-order valence-corrected chi connectivity index (χ2v) is 16.8. The van der Waals surface area contributed by atoms with Crippen LogP contribution in [0.5, 0.6) is 0 Å².